The predicted molar refractivity (Wildman–Crippen MR) is 172 cm³/mol. The van der Waals surface area contributed by atoms with Gasteiger partial charge in [0.25, 0.3) is 0 Å². The molecule has 0 saturated carbocycles. The summed E-state index contributed by atoms with van der Waals surface area (Å²) in [5.74, 6) is -4.12. The zero-order chi connectivity index (χ0) is 34.3. The molecule has 1 N–H and O–H groups in total. The summed E-state index contributed by atoms with van der Waals surface area (Å²) in [5, 5.41) is 1.86. The number of thioether (sulfide) groups is 1. The smallest absolute Gasteiger partial charge is 0.416 e. The fourth-order valence-electron chi connectivity index (χ4n) is 5.84. The average molecular weight is 698 g/mol. The Kier molecular flexibility index (Phi) is 8.92. The summed E-state index contributed by atoms with van der Waals surface area (Å²) >= 11 is 1.75. The van der Waals surface area contributed by atoms with Gasteiger partial charge in [0, 0.05) is 22.0 Å². The van der Waals surface area contributed by atoms with Crippen LogP contribution in [0.2, 0.25) is 0 Å². The van der Waals surface area contributed by atoms with Crippen LogP contribution in [0.1, 0.15) is 39.2 Å². The van der Waals surface area contributed by atoms with Crippen molar-refractivity contribution < 1.29 is 41.8 Å². The van der Waals surface area contributed by atoms with Crippen LogP contribution in [0.5, 0.6) is 5.75 Å². The van der Waals surface area contributed by atoms with Crippen LogP contribution in [0.25, 0.3) is 0 Å². The molecule has 3 heterocycles. The number of benzene rings is 3. The Morgan fingerprint density at radius 2 is 1.69 bits per heavy atom. The van der Waals surface area contributed by atoms with Crippen molar-refractivity contribution in [2.45, 2.75) is 35.8 Å². The summed E-state index contributed by atoms with van der Waals surface area (Å²) < 4.78 is 52.5. The first-order valence-corrected chi connectivity index (χ1v) is 16.3. The Balaban J connectivity index is 1.37. The van der Waals surface area contributed by atoms with Gasteiger partial charge in [-0.2, -0.15) is 13.2 Å². The molecule has 3 amide bonds. The van der Waals surface area contributed by atoms with Crippen molar-refractivity contribution in [1.82, 2.24) is 4.57 Å². The molecule has 0 radical (unpaired) electrons. The number of nitrogens with zero attached hydrogens (tertiary/aromatic N) is 2. The van der Waals surface area contributed by atoms with Crippen molar-refractivity contribution >= 4 is 58.2 Å². The molecule has 248 valence electrons. The fraction of sp³-hybridized carbons (Fsp3) is 0.242. The van der Waals surface area contributed by atoms with E-state index in [0.717, 1.165) is 46.2 Å². The van der Waals surface area contributed by atoms with E-state index in [1.165, 1.54) is 42.0 Å². The molecule has 10 nitrogen and oxygen atoms in total. The normalized spacial score (nSPS) is 18.7. The number of aromatic nitrogens is 1. The van der Waals surface area contributed by atoms with Crippen molar-refractivity contribution in [3.8, 4) is 5.75 Å². The van der Waals surface area contributed by atoms with Gasteiger partial charge in [-0.15, -0.1) is 0 Å². The van der Waals surface area contributed by atoms with Gasteiger partial charge in [0.15, 0.2) is 0 Å². The first-order valence-electron chi connectivity index (χ1n) is 14.6. The molecule has 15 heteroatoms. The minimum atomic E-state index is -4.70. The van der Waals surface area contributed by atoms with Crippen LogP contribution in [0, 0.1) is 5.92 Å². The summed E-state index contributed by atoms with van der Waals surface area (Å²) in [6.45, 7) is 1.45. The molecule has 1 fully saturated rings. The molecule has 0 spiro atoms. The monoisotopic (exact) mass is 697 g/mol. The molecule has 1 saturated heterocycles. The second-order valence-corrected chi connectivity index (χ2v) is 12.9. The van der Waals surface area contributed by atoms with E-state index in [-0.39, 0.29) is 12.3 Å². The topological polar surface area (TPSA) is 124 Å². The standard InChI is InChI=1S/C33H26F3N3O7S2/c1-3-46-31(43)17-11-13-19(14-12-17)37-23(40)16-38-30-27(48-32(38)44)24(21-9-4-5-10-22(21)45-2)25-26(47-30)29(42)39(28(25)41)20-8-6-7-18(15-20)33(34,35)36/h4-15,24-26H,3,16H2,1-2H3,(H,37,40)/t24-,25-,26+/m0/s1. The molecule has 0 bridgehead atoms. The van der Waals surface area contributed by atoms with Gasteiger partial charge >= 0.3 is 17.0 Å². The van der Waals surface area contributed by atoms with E-state index in [9.17, 15) is 37.1 Å². The van der Waals surface area contributed by atoms with Gasteiger partial charge in [-0.25, -0.2) is 9.69 Å². The number of hydrogen-bond acceptors (Lipinski definition) is 9. The number of imide groups is 1. The zero-order valence-corrected chi connectivity index (χ0v) is 26.9. The number of carbonyl (C=O) groups excluding carboxylic acids is 4. The van der Waals surface area contributed by atoms with Crippen LogP contribution in [-0.4, -0.2) is 47.2 Å². The number of hydrogen-bond donors (Lipinski definition) is 1. The molecule has 4 aromatic rings. The second kappa shape index (κ2) is 13.0. The van der Waals surface area contributed by atoms with Gasteiger partial charge in [0.2, 0.25) is 17.7 Å². The maximum absolute atomic E-state index is 14.1. The Morgan fingerprint density at radius 1 is 0.958 bits per heavy atom. The zero-order valence-electron chi connectivity index (χ0n) is 25.3. The van der Waals surface area contributed by atoms with E-state index in [0.29, 0.717) is 32.5 Å². The van der Waals surface area contributed by atoms with Crippen LogP contribution in [0.15, 0.2) is 82.6 Å². The van der Waals surface area contributed by atoms with Crippen LogP contribution < -0.4 is 19.8 Å². The first kappa shape index (κ1) is 33.0. The molecule has 0 aliphatic carbocycles. The van der Waals surface area contributed by atoms with E-state index in [1.807, 2.05) is 0 Å². The number of anilines is 2. The summed E-state index contributed by atoms with van der Waals surface area (Å²) in [5.41, 5.74) is -0.0795. The lowest BCUT2D eigenvalue weighted by Crippen LogP contribution is -2.33. The van der Waals surface area contributed by atoms with Gasteiger partial charge in [-0.3, -0.25) is 23.7 Å². The number of nitrogens with one attached hydrogen (secondary N) is 1. The fourth-order valence-corrected chi connectivity index (χ4v) is 8.60. The minimum absolute atomic E-state index is 0.206. The Bertz CT molecular complexity index is 1990. The number of methoxy groups -OCH3 is 1. The molecule has 3 atom stereocenters. The number of rotatable bonds is 8. The van der Waals surface area contributed by atoms with E-state index >= 15 is 0 Å². The van der Waals surface area contributed by atoms with E-state index < -0.39 is 63.9 Å². The predicted octanol–water partition coefficient (Wildman–Crippen LogP) is 5.55. The second-order valence-electron chi connectivity index (χ2n) is 10.8. The lowest BCUT2D eigenvalue weighted by molar-refractivity contribution is -0.137. The summed E-state index contributed by atoms with van der Waals surface area (Å²) in [7, 11) is 1.43. The van der Waals surface area contributed by atoms with Crippen molar-refractivity contribution in [3.05, 3.63) is 104 Å². The summed E-state index contributed by atoms with van der Waals surface area (Å²) in [4.78, 5) is 67.3. The van der Waals surface area contributed by atoms with Crippen LogP contribution in [-0.2, 0) is 31.8 Å². The maximum Gasteiger partial charge on any atom is 0.416 e. The van der Waals surface area contributed by atoms with Gasteiger partial charge in [-0.1, -0.05) is 47.4 Å². The number of para-hydroxylation sites is 1. The SMILES string of the molecule is CCOC(=O)c1ccc(NC(=O)Cn2c3c(sc2=O)[C@@H](c2ccccc2OC)[C@@H]2C(=O)N(c4cccc(C(F)(F)F)c4)C(=O)[C@@H]2S3)cc1. The minimum Gasteiger partial charge on any atom is -0.496 e. The van der Waals surface area contributed by atoms with E-state index in [1.54, 1.807) is 31.2 Å². The number of alkyl halides is 3. The maximum atomic E-state index is 14.1. The highest BCUT2D eigenvalue weighted by molar-refractivity contribution is 8.00. The molecule has 2 aliphatic rings. The third-order valence-corrected chi connectivity index (χ3v) is 10.5. The van der Waals surface area contributed by atoms with E-state index in [2.05, 4.69) is 5.32 Å². The average Bonchev–Trinajstić information content (AvgIpc) is 3.50. The summed E-state index contributed by atoms with van der Waals surface area (Å²) in [6.07, 6.45) is -4.70. The molecule has 1 aromatic heterocycles. The number of carbonyl (C=O) groups is 4. The Labute approximate surface area is 279 Å². The van der Waals surface area contributed by atoms with Gasteiger partial charge in [-0.05, 0) is 55.5 Å². The van der Waals surface area contributed by atoms with Crippen molar-refractivity contribution in [2.75, 3.05) is 23.9 Å². The van der Waals surface area contributed by atoms with Crippen LogP contribution in [0.4, 0.5) is 24.5 Å². The highest BCUT2D eigenvalue weighted by atomic mass is 32.2. The number of halogens is 3. The summed E-state index contributed by atoms with van der Waals surface area (Å²) in [6, 6.07) is 16.8. The van der Waals surface area contributed by atoms with Crippen LogP contribution >= 0.6 is 23.1 Å². The third kappa shape index (κ3) is 5.99. The Morgan fingerprint density at radius 3 is 2.38 bits per heavy atom. The molecule has 48 heavy (non-hydrogen) atoms. The van der Waals surface area contributed by atoms with Crippen LogP contribution in [0.3, 0.4) is 0 Å². The van der Waals surface area contributed by atoms with Gasteiger partial charge < -0.3 is 14.8 Å². The largest absolute Gasteiger partial charge is 0.496 e. The quantitative estimate of drug-likeness (QED) is 0.188. The number of ether oxygens (including phenoxy) is 2. The van der Waals surface area contributed by atoms with E-state index in [4.69, 9.17) is 9.47 Å². The molecular formula is C33H26F3N3O7S2. The first-order chi connectivity index (χ1) is 22.9. The van der Waals surface area contributed by atoms with Gasteiger partial charge in [0.1, 0.15) is 17.5 Å². The molecule has 0 unspecified atom stereocenters. The third-order valence-electron chi connectivity index (χ3n) is 7.94. The number of thiazole rings is 1. The molecular weight excluding hydrogens is 672 g/mol. The van der Waals surface area contributed by atoms with Crippen molar-refractivity contribution in [3.63, 3.8) is 0 Å². The number of esters is 1. The number of amides is 3. The Hall–Kier alpha value is -4.89. The molecule has 2 aliphatic heterocycles. The lowest BCUT2D eigenvalue weighted by atomic mass is 9.82. The molecule has 3 aromatic carbocycles. The molecule has 6 rings (SSSR count). The van der Waals surface area contributed by atoms with Crippen molar-refractivity contribution in [1.29, 1.82) is 0 Å². The number of fused-ring (bicyclic) bond motifs is 2. The van der Waals surface area contributed by atoms with Gasteiger partial charge in [0.05, 0.1) is 41.5 Å². The highest BCUT2D eigenvalue weighted by Gasteiger charge is 2.57. The highest BCUT2D eigenvalue weighted by Crippen LogP contribution is 2.55. The van der Waals surface area contributed by atoms with Crippen molar-refractivity contribution in [2.24, 2.45) is 5.92 Å². The lowest BCUT2D eigenvalue weighted by Gasteiger charge is -2.31.